The second-order valence-electron chi connectivity index (χ2n) is 4.73. The molecule has 0 bridgehead atoms. The van der Waals surface area contributed by atoms with E-state index in [1.165, 1.54) is 24.8 Å². The van der Waals surface area contributed by atoms with Crippen molar-refractivity contribution in [3.63, 3.8) is 0 Å². The molecule has 0 aliphatic heterocycles. The van der Waals surface area contributed by atoms with Gasteiger partial charge in [-0.25, -0.2) is 0 Å². The quantitative estimate of drug-likeness (QED) is 0.782. The molecule has 2 unspecified atom stereocenters. The standard InChI is InChI=1S/C13H15BrN2S2/c1-18-12-4-2-3-10(12)16-11-7-8(14)5-6-9(11)15-13(16)17/h5-7,10,12H,2-4H2,1H3,(H,15,17). The second-order valence-corrected chi connectivity index (χ2v) is 7.11. The van der Waals surface area contributed by atoms with Crippen molar-refractivity contribution in [2.75, 3.05) is 6.26 Å². The minimum Gasteiger partial charge on any atom is -0.331 e. The highest BCUT2D eigenvalue weighted by atomic mass is 79.9. The molecule has 2 nitrogen and oxygen atoms in total. The molecule has 0 spiro atoms. The van der Waals surface area contributed by atoms with Gasteiger partial charge in [0.05, 0.1) is 11.0 Å². The maximum Gasteiger partial charge on any atom is 0.178 e. The molecule has 1 aliphatic carbocycles. The summed E-state index contributed by atoms with van der Waals surface area (Å²) >= 11 is 11.0. The SMILES string of the molecule is CSC1CCCC1n1c(=S)[nH]c2ccc(Br)cc21. The van der Waals surface area contributed by atoms with Crippen molar-refractivity contribution in [1.82, 2.24) is 9.55 Å². The summed E-state index contributed by atoms with van der Waals surface area (Å²) in [5.41, 5.74) is 2.36. The van der Waals surface area contributed by atoms with E-state index in [9.17, 15) is 0 Å². The number of thioether (sulfide) groups is 1. The van der Waals surface area contributed by atoms with E-state index >= 15 is 0 Å². The zero-order valence-electron chi connectivity index (χ0n) is 10.1. The predicted octanol–water partition coefficient (Wildman–Crippen LogP) is 4.92. The van der Waals surface area contributed by atoms with E-state index < -0.39 is 0 Å². The van der Waals surface area contributed by atoms with Crippen molar-refractivity contribution in [3.8, 4) is 0 Å². The molecule has 1 aromatic carbocycles. The molecule has 2 atom stereocenters. The number of hydrogen-bond donors (Lipinski definition) is 1. The average molecular weight is 343 g/mol. The van der Waals surface area contributed by atoms with Gasteiger partial charge in [-0.05, 0) is 49.5 Å². The van der Waals surface area contributed by atoms with Crippen LogP contribution in [-0.2, 0) is 0 Å². The molecule has 1 heterocycles. The number of rotatable bonds is 2. The van der Waals surface area contributed by atoms with Crippen molar-refractivity contribution in [2.24, 2.45) is 0 Å². The summed E-state index contributed by atoms with van der Waals surface area (Å²) in [7, 11) is 0. The Morgan fingerprint density at radius 1 is 1.44 bits per heavy atom. The van der Waals surface area contributed by atoms with E-state index in [4.69, 9.17) is 12.2 Å². The third-order valence-electron chi connectivity index (χ3n) is 3.73. The molecule has 1 aliphatic rings. The van der Waals surface area contributed by atoms with Crippen LogP contribution in [-0.4, -0.2) is 21.1 Å². The van der Waals surface area contributed by atoms with Crippen LogP contribution in [0.5, 0.6) is 0 Å². The average Bonchev–Trinajstić information content (AvgIpc) is 2.91. The van der Waals surface area contributed by atoms with Crippen LogP contribution in [0.25, 0.3) is 11.0 Å². The smallest absolute Gasteiger partial charge is 0.178 e. The molecule has 18 heavy (non-hydrogen) atoms. The molecule has 2 aromatic rings. The normalized spacial score (nSPS) is 23.9. The van der Waals surface area contributed by atoms with Gasteiger partial charge in [0.25, 0.3) is 0 Å². The summed E-state index contributed by atoms with van der Waals surface area (Å²) in [4.78, 5) is 3.32. The Hall–Kier alpha value is -0.260. The summed E-state index contributed by atoms with van der Waals surface area (Å²) in [6.45, 7) is 0. The molecule has 0 amide bonds. The molecule has 1 N–H and O–H groups in total. The topological polar surface area (TPSA) is 20.7 Å². The Labute approximate surface area is 124 Å². The maximum absolute atomic E-state index is 5.52. The third kappa shape index (κ3) is 2.06. The summed E-state index contributed by atoms with van der Waals surface area (Å²) in [5, 5.41) is 0.690. The number of halogens is 1. The number of nitrogens with one attached hydrogen (secondary N) is 1. The van der Waals surface area contributed by atoms with E-state index in [0.29, 0.717) is 11.3 Å². The predicted molar refractivity (Wildman–Crippen MR) is 85.0 cm³/mol. The van der Waals surface area contributed by atoms with Crippen molar-refractivity contribution in [2.45, 2.75) is 30.6 Å². The van der Waals surface area contributed by atoms with Gasteiger partial charge in [0.1, 0.15) is 0 Å². The monoisotopic (exact) mass is 342 g/mol. The van der Waals surface area contributed by atoms with Crippen molar-refractivity contribution in [3.05, 3.63) is 27.4 Å². The fraction of sp³-hybridized carbons (Fsp3) is 0.462. The van der Waals surface area contributed by atoms with Crippen LogP contribution in [0, 0.1) is 4.77 Å². The number of aromatic nitrogens is 2. The first-order valence-electron chi connectivity index (χ1n) is 6.13. The van der Waals surface area contributed by atoms with Crippen molar-refractivity contribution >= 4 is 50.9 Å². The lowest BCUT2D eigenvalue weighted by Gasteiger charge is -2.20. The lowest BCUT2D eigenvalue weighted by molar-refractivity contribution is 0.536. The number of H-pyrrole nitrogens is 1. The van der Waals surface area contributed by atoms with Crippen LogP contribution in [0.15, 0.2) is 22.7 Å². The van der Waals surface area contributed by atoms with Gasteiger partial charge in [0.2, 0.25) is 0 Å². The van der Waals surface area contributed by atoms with Crippen LogP contribution in [0.2, 0.25) is 0 Å². The molecule has 0 radical (unpaired) electrons. The van der Waals surface area contributed by atoms with Gasteiger partial charge in [0, 0.05) is 15.8 Å². The molecular formula is C13H15BrN2S2. The van der Waals surface area contributed by atoms with Crippen molar-refractivity contribution in [1.29, 1.82) is 0 Å². The van der Waals surface area contributed by atoms with Gasteiger partial charge in [-0.1, -0.05) is 22.4 Å². The number of nitrogens with zero attached hydrogens (tertiary/aromatic N) is 1. The number of benzene rings is 1. The van der Waals surface area contributed by atoms with Crippen LogP contribution in [0.4, 0.5) is 0 Å². The molecule has 5 heteroatoms. The minimum atomic E-state index is 0.538. The zero-order chi connectivity index (χ0) is 12.7. The van der Waals surface area contributed by atoms with E-state index in [-0.39, 0.29) is 0 Å². The summed E-state index contributed by atoms with van der Waals surface area (Å²) in [6.07, 6.45) is 6.05. The van der Waals surface area contributed by atoms with Gasteiger partial charge in [0.15, 0.2) is 4.77 Å². The molecule has 1 saturated carbocycles. The Bertz CT molecular complexity index is 631. The highest BCUT2D eigenvalue weighted by Gasteiger charge is 2.29. The van der Waals surface area contributed by atoms with Crippen molar-refractivity contribution < 1.29 is 0 Å². The molecule has 1 aromatic heterocycles. The Kier molecular flexibility index (Phi) is 3.56. The third-order valence-corrected chi connectivity index (χ3v) is 5.68. The minimum absolute atomic E-state index is 0.538. The summed E-state index contributed by atoms with van der Waals surface area (Å²) in [6, 6.07) is 6.85. The fourth-order valence-electron chi connectivity index (χ4n) is 2.90. The Morgan fingerprint density at radius 2 is 2.28 bits per heavy atom. The van der Waals surface area contributed by atoms with Gasteiger partial charge >= 0.3 is 0 Å². The first-order chi connectivity index (χ1) is 8.70. The highest BCUT2D eigenvalue weighted by molar-refractivity contribution is 9.10. The van der Waals surface area contributed by atoms with Gasteiger partial charge in [-0.15, -0.1) is 0 Å². The number of fused-ring (bicyclic) bond motifs is 1. The number of imidazole rings is 1. The fourth-order valence-corrected chi connectivity index (χ4v) is 4.57. The number of aromatic amines is 1. The molecule has 96 valence electrons. The van der Waals surface area contributed by atoms with E-state index in [1.54, 1.807) is 0 Å². The van der Waals surface area contributed by atoms with Crippen LogP contribution >= 0.6 is 39.9 Å². The number of hydrogen-bond acceptors (Lipinski definition) is 2. The first-order valence-corrected chi connectivity index (χ1v) is 8.62. The van der Waals surface area contributed by atoms with Gasteiger partial charge in [-0.2, -0.15) is 11.8 Å². The molecule has 1 fully saturated rings. The largest absolute Gasteiger partial charge is 0.331 e. The highest BCUT2D eigenvalue weighted by Crippen LogP contribution is 2.39. The van der Waals surface area contributed by atoms with Gasteiger partial charge < -0.3 is 9.55 Å². The Balaban J connectivity index is 2.18. The second kappa shape index (κ2) is 5.02. The molecular weight excluding hydrogens is 328 g/mol. The van der Waals surface area contributed by atoms with Gasteiger partial charge in [-0.3, -0.25) is 0 Å². The summed E-state index contributed by atoms with van der Waals surface area (Å²) < 4.78 is 4.29. The maximum atomic E-state index is 5.52. The first kappa shape index (κ1) is 12.8. The van der Waals surface area contributed by atoms with E-state index in [0.717, 1.165) is 14.8 Å². The van der Waals surface area contributed by atoms with Crippen LogP contribution in [0.1, 0.15) is 25.3 Å². The lowest BCUT2D eigenvalue weighted by atomic mass is 10.2. The zero-order valence-corrected chi connectivity index (χ0v) is 13.4. The summed E-state index contributed by atoms with van der Waals surface area (Å²) in [5.74, 6) is 0. The van der Waals surface area contributed by atoms with E-state index in [1.807, 2.05) is 11.8 Å². The van der Waals surface area contributed by atoms with Crippen LogP contribution < -0.4 is 0 Å². The molecule has 0 saturated heterocycles. The Morgan fingerprint density at radius 3 is 3.06 bits per heavy atom. The van der Waals surface area contributed by atoms with E-state index in [2.05, 4.69) is 49.9 Å². The molecule has 3 rings (SSSR count). The lowest BCUT2D eigenvalue weighted by Crippen LogP contribution is -2.15. The van der Waals surface area contributed by atoms with Crippen LogP contribution in [0.3, 0.4) is 0 Å².